The molecule has 1 N–H and O–H groups in total. The van der Waals surface area contributed by atoms with Crippen LogP contribution in [-0.4, -0.2) is 40.1 Å². The van der Waals surface area contributed by atoms with E-state index in [1.807, 2.05) is 30.3 Å². The fraction of sp³-hybridized carbons (Fsp3) is 0.267. The van der Waals surface area contributed by atoms with Gasteiger partial charge in [-0.15, -0.1) is 0 Å². The summed E-state index contributed by atoms with van der Waals surface area (Å²) in [5.74, 6) is -0.689. The lowest BCUT2D eigenvalue weighted by molar-refractivity contribution is -0.143. The Bertz CT molecular complexity index is 581. The zero-order valence-electron chi connectivity index (χ0n) is 11.8. The maximum absolute atomic E-state index is 12.4. The van der Waals surface area contributed by atoms with Gasteiger partial charge in [-0.1, -0.05) is 30.3 Å². The van der Waals surface area contributed by atoms with Crippen molar-refractivity contribution in [2.75, 3.05) is 13.2 Å². The van der Waals surface area contributed by atoms with Gasteiger partial charge in [0, 0.05) is 12.7 Å². The molecule has 1 aromatic carbocycles. The molecule has 0 fully saturated rings. The van der Waals surface area contributed by atoms with Crippen LogP contribution in [0.1, 0.15) is 22.8 Å². The third kappa shape index (κ3) is 4.17. The first-order chi connectivity index (χ1) is 10.2. The van der Waals surface area contributed by atoms with E-state index in [0.29, 0.717) is 12.1 Å². The highest BCUT2D eigenvalue weighted by molar-refractivity contribution is 5.95. The number of carbonyl (C=O) groups is 2. The summed E-state index contributed by atoms with van der Waals surface area (Å²) in [7, 11) is 0. The molecular weight excluding hydrogens is 270 g/mol. The number of amides is 1. The van der Waals surface area contributed by atoms with Crippen molar-refractivity contribution in [1.82, 2.24) is 15.1 Å². The molecule has 0 unspecified atom stereocenters. The fourth-order valence-corrected chi connectivity index (χ4v) is 1.92. The third-order valence-corrected chi connectivity index (χ3v) is 2.87. The predicted octanol–water partition coefficient (Wildman–Crippen LogP) is 1.62. The lowest BCUT2D eigenvalue weighted by atomic mass is 10.2. The van der Waals surface area contributed by atoms with Gasteiger partial charge in [-0.2, -0.15) is 5.10 Å². The Morgan fingerprint density at radius 2 is 2.05 bits per heavy atom. The molecule has 0 radical (unpaired) electrons. The van der Waals surface area contributed by atoms with Gasteiger partial charge in [0.05, 0.1) is 18.4 Å². The van der Waals surface area contributed by atoms with Crippen molar-refractivity contribution >= 4 is 11.9 Å². The Morgan fingerprint density at radius 3 is 2.67 bits per heavy atom. The number of nitrogens with one attached hydrogen (secondary N) is 1. The van der Waals surface area contributed by atoms with Gasteiger partial charge in [-0.05, 0) is 12.5 Å². The summed E-state index contributed by atoms with van der Waals surface area (Å²) in [6.45, 7) is 2.27. The molecule has 6 heteroatoms. The van der Waals surface area contributed by atoms with Crippen molar-refractivity contribution in [3.8, 4) is 0 Å². The summed E-state index contributed by atoms with van der Waals surface area (Å²) in [6.07, 6.45) is 2.94. The number of rotatable bonds is 6. The summed E-state index contributed by atoms with van der Waals surface area (Å²) in [5.41, 5.74) is 1.36. The summed E-state index contributed by atoms with van der Waals surface area (Å²) in [4.78, 5) is 25.5. The van der Waals surface area contributed by atoms with Gasteiger partial charge in [0.2, 0.25) is 0 Å². The maximum atomic E-state index is 12.4. The van der Waals surface area contributed by atoms with Crippen molar-refractivity contribution in [2.24, 2.45) is 0 Å². The van der Waals surface area contributed by atoms with Crippen LogP contribution in [0.2, 0.25) is 0 Å². The molecule has 2 rings (SSSR count). The number of ether oxygens (including phenoxy) is 1. The Hall–Kier alpha value is -2.63. The number of esters is 1. The highest BCUT2D eigenvalue weighted by atomic mass is 16.5. The molecule has 2 aromatic rings. The quantitative estimate of drug-likeness (QED) is 0.819. The number of nitrogens with zero attached hydrogens (tertiary/aromatic N) is 2. The molecule has 0 aliphatic rings. The molecule has 1 aromatic heterocycles. The average molecular weight is 287 g/mol. The number of carbonyl (C=O) groups excluding carboxylic acids is 2. The van der Waals surface area contributed by atoms with Gasteiger partial charge >= 0.3 is 5.97 Å². The summed E-state index contributed by atoms with van der Waals surface area (Å²) >= 11 is 0. The summed E-state index contributed by atoms with van der Waals surface area (Å²) in [6, 6.07) is 9.49. The van der Waals surface area contributed by atoms with Crippen LogP contribution in [0.25, 0.3) is 0 Å². The van der Waals surface area contributed by atoms with E-state index in [2.05, 4.69) is 10.2 Å². The smallest absolute Gasteiger partial charge is 0.325 e. The Kier molecular flexibility index (Phi) is 5.09. The van der Waals surface area contributed by atoms with E-state index < -0.39 is 5.97 Å². The molecule has 1 amide bonds. The van der Waals surface area contributed by atoms with E-state index in [9.17, 15) is 9.59 Å². The standard InChI is InChI=1S/C15H17N3O3/c1-2-21-14(19)11-18(10-12-6-4-3-5-7-12)15(20)13-8-16-17-9-13/h3-9H,2,10-11H2,1H3,(H,16,17). The minimum atomic E-state index is -0.426. The van der Waals surface area contributed by atoms with E-state index in [4.69, 9.17) is 4.74 Å². The molecule has 0 aliphatic carbocycles. The fourth-order valence-electron chi connectivity index (χ4n) is 1.92. The molecule has 21 heavy (non-hydrogen) atoms. The monoisotopic (exact) mass is 287 g/mol. The molecule has 110 valence electrons. The Morgan fingerprint density at radius 1 is 1.29 bits per heavy atom. The molecule has 0 saturated heterocycles. The van der Waals surface area contributed by atoms with Crippen LogP contribution >= 0.6 is 0 Å². The number of aromatic amines is 1. The van der Waals surface area contributed by atoms with Crippen LogP contribution in [-0.2, 0) is 16.1 Å². The largest absolute Gasteiger partial charge is 0.465 e. The van der Waals surface area contributed by atoms with E-state index in [1.54, 1.807) is 6.92 Å². The van der Waals surface area contributed by atoms with Gasteiger partial charge < -0.3 is 9.64 Å². The molecule has 0 spiro atoms. The van der Waals surface area contributed by atoms with E-state index in [-0.39, 0.29) is 19.1 Å². The van der Waals surface area contributed by atoms with Crippen LogP contribution < -0.4 is 0 Å². The average Bonchev–Trinajstić information content (AvgIpc) is 3.01. The second-order valence-electron chi connectivity index (χ2n) is 4.44. The van der Waals surface area contributed by atoms with E-state index >= 15 is 0 Å². The van der Waals surface area contributed by atoms with Gasteiger partial charge in [-0.25, -0.2) is 0 Å². The SMILES string of the molecule is CCOC(=O)CN(Cc1ccccc1)C(=O)c1cn[nH]c1. The van der Waals surface area contributed by atoms with Crippen LogP contribution in [0.3, 0.4) is 0 Å². The number of hydrogen-bond acceptors (Lipinski definition) is 4. The van der Waals surface area contributed by atoms with Crippen molar-refractivity contribution in [3.05, 3.63) is 53.9 Å². The van der Waals surface area contributed by atoms with Gasteiger partial charge in [0.25, 0.3) is 5.91 Å². The minimum Gasteiger partial charge on any atom is -0.465 e. The Balaban J connectivity index is 2.13. The predicted molar refractivity (Wildman–Crippen MR) is 76.4 cm³/mol. The zero-order chi connectivity index (χ0) is 15.1. The number of aromatic nitrogens is 2. The van der Waals surface area contributed by atoms with Crippen molar-refractivity contribution in [3.63, 3.8) is 0 Å². The first-order valence-electron chi connectivity index (χ1n) is 6.68. The van der Waals surface area contributed by atoms with Crippen molar-refractivity contribution in [1.29, 1.82) is 0 Å². The normalized spacial score (nSPS) is 10.1. The van der Waals surface area contributed by atoms with E-state index in [0.717, 1.165) is 5.56 Å². The maximum Gasteiger partial charge on any atom is 0.325 e. The molecular formula is C15H17N3O3. The molecule has 0 aliphatic heterocycles. The van der Waals surface area contributed by atoms with Gasteiger partial charge in [0.1, 0.15) is 6.54 Å². The Labute approximate surface area is 122 Å². The molecule has 1 heterocycles. The lowest BCUT2D eigenvalue weighted by Gasteiger charge is -2.21. The second kappa shape index (κ2) is 7.23. The highest BCUT2D eigenvalue weighted by Gasteiger charge is 2.20. The second-order valence-corrected chi connectivity index (χ2v) is 4.44. The molecule has 0 bridgehead atoms. The highest BCUT2D eigenvalue weighted by Crippen LogP contribution is 2.09. The molecule has 0 atom stereocenters. The topological polar surface area (TPSA) is 75.3 Å². The number of H-pyrrole nitrogens is 1. The first kappa shape index (κ1) is 14.8. The van der Waals surface area contributed by atoms with E-state index in [1.165, 1.54) is 17.3 Å². The van der Waals surface area contributed by atoms with Crippen molar-refractivity contribution in [2.45, 2.75) is 13.5 Å². The van der Waals surface area contributed by atoms with Crippen molar-refractivity contribution < 1.29 is 14.3 Å². The van der Waals surface area contributed by atoms with Crippen LogP contribution in [0, 0.1) is 0 Å². The number of hydrogen-bond donors (Lipinski definition) is 1. The number of benzene rings is 1. The summed E-state index contributed by atoms with van der Waals surface area (Å²) in [5, 5.41) is 6.35. The van der Waals surface area contributed by atoms with Gasteiger partial charge in [0.15, 0.2) is 0 Å². The summed E-state index contributed by atoms with van der Waals surface area (Å²) < 4.78 is 4.92. The van der Waals surface area contributed by atoms with Crippen LogP contribution in [0.15, 0.2) is 42.7 Å². The first-order valence-corrected chi connectivity index (χ1v) is 6.68. The molecule has 0 saturated carbocycles. The van der Waals surface area contributed by atoms with Gasteiger partial charge in [-0.3, -0.25) is 14.7 Å². The lowest BCUT2D eigenvalue weighted by Crippen LogP contribution is -2.35. The zero-order valence-corrected chi connectivity index (χ0v) is 11.8. The molecule has 6 nitrogen and oxygen atoms in total. The van der Waals surface area contributed by atoms with Crippen LogP contribution in [0.4, 0.5) is 0 Å². The third-order valence-electron chi connectivity index (χ3n) is 2.87. The van der Waals surface area contributed by atoms with Crippen LogP contribution in [0.5, 0.6) is 0 Å². The minimum absolute atomic E-state index is 0.0905.